The zero-order valence-electron chi connectivity index (χ0n) is 12.6. The number of nitrogens with one attached hydrogen (secondary N) is 2. The van der Waals surface area contributed by atoms with E-state index in [1.165, 1.54) is 5.56 Å². The first-order chi connectivity index (χ1) is 9.66. The molecule has 2 rings (SSSR count). The van der Waals surface area contributed by atoms with Crippen LogP contribution in [0.5, 0.6) is 0 Å². The van der Waals surface area contributed by atoms with E-state index >= 15 is 0 Å². The van der Waals surface area contributed by atoms with Crippen molar-refractivity contribution in [3.63, 3.8) is 0 Å². The Labute approximate surface area is 122 Å². The van der Waals surface area contributed by atoms with Crippen LogP contribution in [-0.4, -0.2) is 19.0 Å². The van der Waals surface area contributed by atoms with Crippen molar-refractivity contribution in [2.75, 3.05) is 13.1 Å². The van der Waals surface area contributed by atoms with E-state index in [9.17, 15) is 4.79 Å². The van der Waals surface area contributed by atoms with E-state index in [0.29, 0.717) is 5.92 Å². The molecule has 2 atom stereocenters. The van der Waals surface area contributed by atoms with Gasteiger partial charge in [-0.1, -0.05) is 44.2 Å². The molecule has 0 radical (unpaired) electrons. The molecule has 1 aromatic carbocycles. The van der Waals surface area contributed by atoms with Crippen LogP contribution in [0.15, 0.2) is 30.3 Å². The first-order valence-electron chi connectivity index (χ1n) is 7.73. The van der Waals surface area contributed by atoms with Crippen LogP contribution >= 0.6 is 0 Å². The summed E-state index contributed by atoms with van der Waals surface area (Å²) in [5.41, 5.74) is 1.21. The number of benzene rings is 1. The Kier molecular flexibility index (Phi) is 5.60. The Balaban J connectivity index is 2.01. The molecule has 3 heteroatoms. The summed E-state index contributed by atoms with van der Waals surface area (Å²) < 4.78 is 0. The number of rotatable bonds is 5. The van der Waals surface area contributed by atoms with Crippen LogP contribution in [-0.2, 0) is 4.79 Å². The fraction of sp³-hybridized carbons (Fsp3) is 0.588. The molecular weight excluding hydrogens is 248 g/mol. The van der Waals surface area contributed by atoms with E-state index in [2.05, 4.69) is 36.6 Å². The van der Waals surface area contributed by atoms with E-state index in [1.807, 2.05) is 18.2 Å². The first-order valence-corrected chi connectivity index (χ1v) is 7.73. The van der Waals surface area contributed by atoms with Crippen molar-refractivity contribution in [3.8, 4) is 0 Å². The Hall–Kier alpha value is -1.35. The molecule has 20 heavy (non-hydrogen) atoms. The smallest absolute Gasteiger partial charge is 0.224 e. The van der Waals surface area contributed by atoms with Gasteiger partial charge in [-0.05, 0) is 37.3 Å². The SMILES string of the molecule is CC(C)CC(NC(=O)[C@H]1CCCNC1)c1ccccc1. The zero-order chi connectivity index (χ0) is 14.4. The number of piperidine rings is 1. The van der Waals surface area contributed by atoms with E-state index < -0.39 is 0 Å². The van der Waals surface area contributed by atoms with Crippen molar-refractivity contribution in [2.45, 2.75) is 39.2 Å². The van der Waals surface area contributed by atoms with Crippen LogP contribution in [0.25, 0.3) is 0 Å². The molecule has 1 saturated heterocycles. The fourth-order valence-corrected chi connectivity index (χ4v) is 2.80. The maximum Gasteiger partial charge on any atom is 0.224 e. The van der Waals surface area contributed by atoms with Crippen LogP contribution < -0.4 is 10.6 Å². The number of amides is 1. The molecular formula is C17H26N2O. The summed E-state index contributed by atoms with van der Waals surface area (Å²) in [6.07, 6.45) is 3.08. The molecule has 1 unspecified atom stereocenters. The Bertz CT molecular complexity index is 410. The number of carbonyl (C=O) groups excluding carboxylic acids is 1. The third-order valence-electron chi connectivity index (χ3n) is 3.89. The van der Waals surface area contributed by atoms with Crippen molar-refractivity contribution in [2.24, 2.45) is 11.8 Å². The number of hydrogen-bond acceptors (Lipinski definition) is 2. The topological polar surface area (TPSA) is 41.1 Å². The summed E-state index contributed by atoms with van der Waals surface area (Å²) in [4.78, 5) is 12.4. The van der Waals surface area contributed by atoms with Gasteiger partial charge in [-0.15, -0.1) is 0 Å². The van der Waals surface area contributed by atoms with Crippen LogP contribution in [0.4, 0.5) is 0 Å². The highest BCUT2D eigenvalue weighted by Crippen LogP contribution is 2.22. The summed E-state index contributed by atoms with van der Waals surface area (Å²) in [5, 5.41) is 6.56. The van der Waals surface area contributed by atoms with E-state index in [-0.39, 0.29) is 17.9 Å². The lowest BCUT2D eigenvalue weighted by Gasteiger charge is -2.26. The average Bonchev–Trinajstić information content (AvgIpc) is 2.48. The van der Waals surface area contributed by atoms with E-state index in [1.54, 1.807) is 0 Å². The van der Waals surface area contributed by atoms with Crippen LogP contribution in [0.2, 0.25) is 0 Å². The van der Waals surface area contributed by atoms with Gasteiger partial charge < -0.3 is 10.6 Å². The lowest BCUT2D eigenvalue weighted by molar-refractivity contribution is -0.126. The Morgan fingerprint density at radius 1 is 1.35 bits per heavy atom. The number of carbonyl (C=O) groups is 1. The second kappa shape index (κ2) is 7.44. The maximum atomic E-state index is 12.4. The monoisotopic (exact) mass is 274 g/mol. The Morgan fingerprint density at radius 3 is 2.70 bits per heavy atom. The molecule has 2 N–H and O–H groups in total. The maximum absolute atomic E-state index is 12.4. The van der Waals surface area contributed by atoms with Crippen molar-refractivity contribution in [1.29, 1.82) is 0 Å². The molecule has 110 valence electrons. The van der Waals surface area contributed by atoms with Gasteiger partial charge in [0.1, 0.15) is 0 Å². The molecule has 1 aliphatic rings. The molecule has 0 saturated carbocycles. The summed E-state index contributed by atoms with van der Waals surface area (Å²) in [6, 6.07) is 10.4. The van der Waals surface area contributed by atoms with E-state index in [0.717, 1.165) is 32.4 Å². The van der Waals surface area contributed by atoms with E-state index in [4.69, 9.17) is 0 Å². The summed E-state index contributed by atoms with van der Waals surface area (Å²) in [5.74, 6) is 0.888. The highest BCUT2D eigenvalue weighted by molar-refractivity contribution is 5.79. The second-order valence-corrected chi connectivity index (χ2v) is 6.14. The lowest BCUT2D eigenvalue weighted by atomic mass is 9.94. The summed E-state index contributed by atoms with van der Waals surface area (Å²) >= 11 is 0. The quantitative estimate of drug-likeness (QED) is 0.867. The van der Waals surface area contributed by atoms with Gasteiger partial charge in [0, 0.05) is 6.54 Å². The average molecular weight is 274 g/mol. The minimum Gasteiger partial charge on any atom is -0.349 e. The molecule has 1 aliphatic heterocycles. The lowest BCUT2D eigenvalue weighted by Crippen LogP contribution is -2.42. The van der Waals surface area contributed by atoms with Gasteiger partial charge in [0.15, 0.2) is 0 Å². The molecule has 1 aromatic rings. The van der Waals surface area contributed by atoms with Crippen molar-refractivity contribution < 1.29 is 4.79 Å². The minimum atomic E-state index is 0.127. The molecule has 3 nitrogen and oxygen atoms in total. The van der Waals surface area contributed by atoms with Gasteiger partial charge in [-0.3, -0.25) is 4.79 Å². The van der Waals surface area contributed by atoms with Crippen molar-refractivity contribution >= 4 is 5.91 Å². The predicted octanol–water partition coefficient (Wildman–Crippen LogP) is 2.89. The largest absolute Gasteiger partial charge is 0.349 e. The van der Waals surface area contributed by atoms with Gasteiger partial charge >= 0.3 is 0 Å². The van der Waals surface area contributed by atoms with Gasteiger partial charge in [-0.2, -0.15) is 0 Å². The van der Waals surface area contributed by atoms with Gasteiger partial charge in [-0.25, -0.2) is 0 Å². The molecule has 0 spiro atoms. The molecule has 1 amide bonds. The Morgan fingerprint density at radius 2 is 2.10 bits per heavy atom. The van der Waals surface area contributed by atoms with Crippen LogP contribution in [0, 0.1) is 11.8 Å². The highest BCUT2D eigenvalue weighted by atomic mass is 16.2. The van der Waals surface area contributed by atoms with Crippen LogP contribution in [0.3, 0.4) is 0 Å². The van der Waals surface area contributed by atoms with Crippen LogP contribution in [0.1, 0.15) is 44.7 Å². The molecule has 0 bridgehead atoms. The van der Waals surface area contributed by atoms with Gasteiger partial charge in [0.2, 0.25) is 5.91 Å². The normalized spacial score (nSPS) is 20.6. The minimum absolute atomic E-state index is 0.127. The predicted molar refractivity (Wildman–Crippen MR) is 82.4 cm³/mol. The summed E-state index contributed by atoms with van der Waals surface area (Å²) in [7, 11) is 0. The van der Waals surface area contributed by atoms with Gasteiger partial charge in [0.25, 0.3) is 0 Å². The molecule has 0 aromatic heterocycles. The fourth-order valence-electron chi connectivity index (χ4n) is 2.80. The van der Waals surface area contributed by atoms with Crippen molar-refractivity contribution in [3.05, 3.63) is 35.9 Å². The second-order valence-electron chi connectivity index (χ2n) is 6.14. The number of hydrogen-bond donors (Lipinski definition) is 2. The van der Waals surface area contributed by atoms with Gasteiger partial charge in [0.05, 0.1) is 12.0 Å². The summed E-state index contributed by atoms with van der Waals surface area (Å²) in [6.45, 7) is 6.25. The zero-order valence-corrected chi connectivity index (χ0v) is 12.6. The highest BCUT2D eigenvalue weighted by Gasteiger charge is 2.24. The molecule has 1 fully saturated rings. The first kappa shape index (κ1) is 15.0. The molecule has 0 aliphatic carbocycles. The van der Waals surface area contributed by atoms with Crippen molar-refractivity contribution in [1.82, 2.24) is 10.6 Å². The molecule has 1 heterocycles. The third kappa shape index (κ3) is 4.34. The third-order valence-corrected chi connectivity index (χ3v) is 3.89. The standard InChI is InChI=1S/C17H26N2O/c1-13(2)11-16(14-7-4-3-5-8-14)19-17(20)15-9-6-10-18-12-15/h3-5,7-8,13,15-16,18H,6,9-12H2,1-2H3,(H,19,20)/t15-,16?/m0/s1.